The highest BCUT2D eigenvalue weighted by atomic mass is 16.5. The lowest BCUT2D eigenvalue weighted by atomic mass is 10.2. The standard InChI is InChI=1S/C18H21N3O3/c1-2-13-4-3-5-15(10-13)24-17-7-6-14(11-20-17)21-18(22)16-12-23-9-8-19-16/h3-7,10-11,16,19H,2,8-9,12H2,1H3,(H,21,22). The van der Waals surface area contributed by atoms with Gasteiger partial charge in [0.15, 0.2) is 0 Å². The van der Waals surface area contributed by atoms with Gasteiger partial charge >= 0.3 is 0 Å². The summed E-state index contributed by atoms with van der Waals surface area (Å²) in [5.74, 6) is 1.11. The second-order valence-electron chi connectivity index (χ2n) is 5.56. The Morgan fingerprint density at radius 3 is 3.04 bits per heavy atom. The molecule has 2 N–H and O–H groups in total. The van der Waals surface area contributed by atoms with E-state index in [1.807, 2.05) is 18.2 Å². The van der Waals surface area contributed by atoms with Gasteiger partial charge in [0.05, 0.1) is 25.1 Å². The number of ether oxygens (including phenoxy) is 2. The first-order valence-electron chi connectivity index (χ1n) is 8.09. The molecule has 1 amide bonds. The molecule has 2 heterocycles. The number of benzene rings is 1. The van der Waals surface area contributed by atoms with Crippen LogP contribution in [0.3, 0.4) is 0 Å². The Bertz CT molecular complexity index is 682. The molecule has 0 saturated carbocycles. The van der Waals surface area contributed by atoms with Crippen LogP contribution in [0.1, 0.15) is 12.5 Å². The van der Waals surface area contributed by atoms with Crippen molar-refractivity contribution in [3.05, 3.63) is 48.2 Å². The first-order valence-corrected chi connectivity index (χ1v) is 8.09. The minimum Gasteiger partial charge on any atom is -0.439 e. The van der Waals surface area contributed by atoms with Gasteiger partial charge in [-0.1, -0.05) is 19.1 Å². The van der Waals surface area contributed by atoms with Crippen molar-refractivity contribution in [3.8, 4) is 11.6 Å². The number of anilines is 1. The molecule has 0 aliphatic carbocycles. The second kappa shape index (κ2) is 7.90. The van der Waals surface area contributed by atoms with Gasteiger partial charge < -0.3 is 20.1 Å². The summed E-state index contributed by atoms with van der Waals surface area (Å²) in [4.78, 5) is 16.3. The molecule has 2 aromatic rings. The molecule has 1 aliphatic rings. The third kappa shape index (κ3) is 4.31. The first-order chi connectivity index (χ1) is 11.7. The largest absolute Gasteiger partial charge is 0.439 e. The van der Waals surface area contributed by atoms with Gasteiger partial charge in [-0.15, -0.1) is 0 Å². The normalized spacial score (nSPS) is 17.3. The molecule has 126 valence electrons. The number of carbonyl (C=O) groups is 1. The number of hydrogen-bond donors (Lipinski definition) is 2. The maximum Gasteiger partial charge on any atom is 0.243 e. The van der Waals surface area contributed by atoms with Crippen LogP contribution in [0, 0.1) is 0 Å². The number of pyridine rings is 1. The van der Waals surface area contributed by atoms with Crippen molar-refractivity contribution in [2.45, 2.75) is 19.4 Å². The van der Waals surface area contributed by atoms with Crippen LogP contribution >= 0.6 is 0 Å². The van der Waals surface area contributed by atoms with Crippen LogP contribution in [0.15, 0.2) is 42.6 Å². The van der Waals surface area contributed by atoms with Crippen LogP contribution in [-0.4, -0.2) is 36.7 Å². The predicted molar refractivity (Wildman–Crippen MR) is 91.4 cm³/mol. The average molecular weight is 327 g/mol. The van der Waals surface area contributed by atoms with Crippen LogP contribution in [0.4, 0.5) is 5.69 Å². The van der Waals surface area contributed by atoms with E-state index < -0.39 is 0 Å². The fourth-order valence-electron chi connectivity index (χ4n) is 2.43. The Morgan fingerprint density at radius 1 is 1.42 bits per heavy atom. The van der Waals surface area contributed by atoms with Crippen molar-refractivity contribution < 1.29 is 14.3 Å². The lowest BCUT2D eigenvalue weighted by Crippen LogP contribution is -2.48. The number of aromatic nitrogens is 1. The Kier molecular flexibility index (Phi) is 5.40. The number of nitrogens with one attached hydrogen (secondary N) is 2. The molecular formula is C18H21N3O3. The number of rotatable bonds is 5. The van der Waals surface area contributed by atoms with Crippen LogP contribution in [-0.2, 0) is 16.0 Å². The zero-order valence-electron chi connectivity index (χ0n) is 13.6. The third-order valence-corrected chi connectivity index (χ3v) is 3.77. The fraction of sp³-hybridized carbons (Fsp3) is 0.333. The Hall–Kier alpha value is -2.44. The maximum absolute atomic E-state index is 12.1. The van der Waals surface area contributed by atoms with E-state index in [9.17, 15) is 4.79 Å². The van der Waals surface area contributed by atoms with Gasteiger partial charge in [-0.25, -0.2) is 4.98 Å². The Morgan fingerprint density at radius 2 is 2.33 bits per heavy atom. The van der Waals surface area contributed by atoms with Gasteiger partial charge in [-0.05, 0) is 30.2 Å². The summed E-state index contributed by atoms with van der Waals surface area (Å²) in [7, 11) is 0. The first kappa shape index (κ1) is 16.4. The van der Waals surface area contributed by atoms with E-state index in [-0.39, 0.29) is 11.9 Å². The van der Waals surface area contributed by atoms with Crippen molar-refractivity contribution in [3.63, 3.8) is 0 Å². The van der Waals surface area contributed by atoms with Crippen LogP contribution < -0.4 is 15.4 Å². The molecule has 1 aromatic heterocycles. The Labute approximate surface area is 141 Å². The average Bonchev–Trinajstić information content (AvgIpc) is 2.64. The highest BCUT2D eigenvalue weighted by Gasteiger charge is 2.21. The third-order valence-electron chi connectivity index (χ3n) is 3.77. The molecule has 24 heavy (non-hydrogen) atoms. The van der Waals surface area contributed by atoms with Gasteiger partial charge in [0.1, 0.15) is 11.8 Å². The van der Waals surface area contributed by atoms with Gasteiger partial charge in [0.2, 0.25) is 11.8 Å². The SMILES string of the molecule is CCc1cccc(Oc2ccc(NC(=O)C3COCCN3)cn2)c1. The lowest BCUT2D eigenvalue weighted by molar-refractivity contribution is -0.120. The molecule has 1 aromatic carbocycles. The van der Waals surface area contributed by atoms with Crippen molar-refractivity contribution in [1.82, 2.24) is 10.3 Å². The highest BCUT2D eigenvalue weighted by molar-refractivity contribution is 5.94. The fourth-order valence-corrected chi connectivity index (χ4v) is 2.43. The summed E-state index contributed by atoms with van der Waals surface area (Å²) < 4.78 is 11.0. The monoisotopic (exact) mass is 327 g/mol. The summed E-state index contributed by atoms with van der Waals surface area (Å²) in [5.41, 5.74) is 1.83. The number of amides is 1. The van der Waals surface area contributed by atoms with E-state index in [1.54, 1.807) is 18.3 Å². The molecule has 6 nitrogen and oxygen atoms in total. The quantitative estimate of drug-likeness (QED) is 0.882. The molecule has 1 atom stereocenters. The molecular weight excluding hydrogens is 306 g/mol. The van der Waals surface area contributed by atoms with E-state index in [1.165, 1.54) is 5.56 Å². The van der Waals surface area contributed by atoms with Gasteiger partial charge in [0.25, 0.3) is 0 Å². The summed E-state index contributed by atoms with van der Waals surface area (Å²) in [6.45, 7) is 3.80. The highest BCUT2D eigenvalue weighted by Crippen LogP contribution is 2.21. The number of morpholine rings is 1. The predicted octanol–water partition coefficient (Wildman–Crippen LogP) is 2.36. The zero-order valence-corrected chi connectivity index (χ0v) is 13.6. The molecule has 0 spiro atoms. The number of nitrogens with zero attached hydrogens (tertiary/aromatic N) is 1. The van der Waals surface area contributed by atoms with Gasteiger partial charge in [-0.3, -0.25) is 4.79 Å². The smallest absolute Gasteiger partial charge is 0.243 e. The second-order valence-corrected chi connectivity index (χ2v) is 5.56. The van der Waals surface area contributed by atoms with Crippen molar-refractivity contribution >= 4 is 11.6 Å². The minimum absolute atomic E-state index is 0.124. The number of carbonyl (C=O) groups excluding carboxylic acids is 1. The van der Waals surface area contributed by atoms with E-state index in [2.05, 4.69) is 28.6 Å². The molecule has 3 rings (SSSR count). The molecule has 1 unspecified atom stereocenters. The molecule has 1 saturated heterocycles. The van der Waals surface area contributed by atoms with Gasteiger partial charge in [0, 0.05) is 12.6 Å². The molecule has 1 aliphatic heterocycles. The van der Waals surface area contributed by atoms with Crippen molar-refractivity contribution in [2.24, 2.45) is 0 Å². The molecule has 1 fully saturated rings. The van der Waals surface area contributed by atoms with E-state index >= 15 is 0 Å². The summed E-state index contributed by atoms with van der Waals surface area (Å²) in [5, 5.41) is 5.93. The molecule has 6 heteroatoms. The summed E-state index contributed by atoms with van der Waals surface area (Å²) in [6, 6.07) is 11.1. The number of hydrogen-bond acceptors (Lipinski definition) is 5. The van der Waals surface area contributed by atoms with E-state index in [0.29, 0.717) is 31.3 Å². The van der Waals surface area contributed by atoms with Crippen LogP contribution in [0.5, 0.6) is 11.6 Å². The topological polar surface area (TPSA) is 72.5 Å². The van der Waals surface area contributed by atoms with Crippen LogP contribution in [0.25, 0.3) is 0 Å². The molecule has 0 bridgehead atoms. The zero-order chi connectivity index (χ0) is 16.8. The van der Waals surface area contributed by atoms with Gasteiger partial charge in [-0.2, -0.15) is 0 Å². The van der Waals surface area contributed by atoms with Crippen molar-refractivity contribution in [1.29, 1.82) is 0 Å². The summed E-state index contributed by atoms with van der Waals surface area (Å²) >= 11 is 0. The maximum atomic E-state index is 12.1. The van der Waals surface area contributed by atoms with Crippen LogP contribution in [0.2, 0.25) is 0 Å². The Balaban J connectivity index is 1.59. The van der Waals surface area contributed by atoms with E-state index in [0.717, 1.165) is 12.2 Å². The van der Waals surface area contributed by atoms with Crippen molar-refractivity contribution in [2.75, 3.05) is 25.1 Å². The molecule has 0 radical (unpaired) electrons. The lowest BCUT2D eigenvalue weighted by Gasteiger charge is -2.22. The van der Waals surface area contributed by atoms with E-state index in [4.69, 9.17) is 9.47 Å². The number of aryl methyl sites for hydroxylation is 1. The minimum atomic E-state index is -0.327. The summed E-state index contributed by atoms with van der Waals surface area (Å²) in [6.07, 6.45) is 2.54.